The molecule has 0 aromatic heterocycles. The summed E-state index contributed by atoms with van der Waals surface area (Å²) in [5.74, 6) is 0. The standard InChI is InChI=1S/C19H22N2O2/c20-16-5-1-14(2-6-16)9-15-3-7-17(8-4-15)21(10-18-12-22-18)11-19-13-23-19/h1-8,18-19H,9-13,20H2. The first-order valence-corrected chi connectivity index (χ1v) is 8.18. The summed E-state index contributed by atoms with van der Waals surface area (Å²) >= 11 is 0. The molecule has 0 aliphatic carbocycles. The van der Waals surface area contributed by atoms with Crippen LogP contribution in [0.15, 0.2) is 48.5 Å². The van der Waals surface area contributed by atoms with Crippen molar-refractivity contribution in [3.63, 3.8) is 0 Å². The summed E-state index contributed by atoms with van der Waals surface area (Å²) in [6.07, 6.45) is 1.71. The minimum atomic E-state index is 0.392. The molecule has 2 unspecified atom stereocenters. The van der Waals surface area contributed by atoms with Gasteiger partial charge in [0.25, 0.3) is 0 Å². The van der Waals surface area contributed by atoms with Gasteiger partial charge < -0.3 is 20.1 Å². The minimum absolute atomic E-state index is 0.392. The van der Waals surface area contributed by atoms with E-state index in [1.165, 1.54) is 16.8 Å². The maximum Gasteiger partial charge on any atom is 0.0984 e. The molecule has 23 heavy (non-hydrogen) atoms. The van der Waals surface area contributed by atoms with Gasteiger partial charge in [0.1, 0.15) is 0 Å². The highest BCUT2D eigenvalue weighted by Crippen LogP contribution is 2.23. The quantitative estimate of drug-likeness (QED) is 0.630. The molecule has 2 aromatic rings. The van der Waals surface area contributed by atoms with E-state index >= 15 is 0 Å². The lowest BCUT2D eigenvalue weighted by atomic mass is 10.0. The Hall–Kier alpha value is -2.04. The zero-order valence-corrected chi connectivity index (χ0v) is 13.2. The van der Waals surface area contributed by atoms with Crippen LogP contribution < -0.4 is 10.6 Å². The molecule has 4 nitrogen and oxygen atoms in total. The minimum Gasteiger partial charge on any atom is -0.399 e. The van der Waals surface area contributed by atoms with Crippen LogP contribution in [0, 0.1) is 0 Å². The molecule has 2 heterocycles. The molecule has 120 valence electrons. The fourth-order valence-corrected chi connectivity index (χ4v) is 2.82. The molecule has 0 amide bonds. The van der Waals surface area contributed by atoms with Crippen molar-refractivity contribution in [3.8, 4) is 0 Å². The number of epoxide rings is 2. The molecule has 0 saturated carbocycles. The molecule has 0 bridgehead atoms. The third-order valence-electron chi connectivity index (χ3n) is 4.34. The molecule has 2 atom stereocenters. The van der Waals surface area contributed by atoms with E-state index < -0.39 is 0 Å². The molecular weight excluding hydrogens is 288 g/mol. The second kappa shape index (κ2) is 6.22. The Kier molecular flexibility index (Phi) is 3.93. The zero-order valence-electron chi connectivity index (χ0n) is 13.2. The van der Waals surface area contributed by atoms with Crippen molar-refractivity contribution < 1.29 is 9.47 Å². The Morgan fingerprint density at radius 3 is 1.78 bits per heavy atom. The molecule has 0 radical (unpaired) electrons. The van der Waals surface area contributed by atoms with Gasteiger partial charge in [0.15, 0.2) is 0 Å². The van der Waals surface area contributed by atoms with Crippen molar-refractivity contribution in [1.82, 2.24) is 0 Å². The van der Waals surface area contributed by atoms with Crippen LogP contribution in [-0.2, 0) is 15.9 Å². The van der Waals surface area contributed by atoms with Crippen molar-refractivity contribution in [2.24, 2.45) is 0 Å². The number of nitrogens with two attached hydrogens (primary N) is 1. The van der Waals surface area contributed by atoms with Gasteiger partial charge >= 0.3 is 0 Å². The maximum atomic E-state index is 5.74. The Morgan fingerprint density at radius 2 is 1.30 bits per heavy atom. The third-order valence-corrected chi connectivity index (χ3v) is 4.34. The van der Waals surface area contributed by atoms with Crippen molar-refractivity contribution in [1.29, 1.82) is 0 Å². The molecule has 4 rings (SSSR count). The predicted octanol–water partition coefficient (Wildman–Crippen LogP) is 2.46. The normalized spacial score (nSPS) is 21.9. The van der Waals surface area contributed by atoms with Crippen LogP contribution in [0.25, 0.3) is 0 Å². The SMILES string of the molecule is Nc1ccc(Cc2ccc(N(CC3CO3)CC3CO3)cc2)cc1. The molecular formula is C19H22N2O2. The summed E-state index contributed by atoms with van der Waals surface area (Å²) in [6.45, 7) is 3.68. The van der Waals surface area contributed by atoms with Gasteiger partial charge in [-0.3, -0.25) is 0 Å². The predicted molar refractivity (Wildman–Crippen MR) is 91.8 cm³/mol. The highest BCUT2D eigenvalue weighted by atomic mass is 16.6. The van der Waals surface area contributed by atoms with Crippen LogP contribution in [0.4, 0.5) is 11.4 Å². The van der Waals surface area contributed by atoms with Crippen LogP contribution in [0.1, 0.15) is 11.1 Å². The lowest BCUT2D eigenvalue weighted by molar-refractivity contribution is 0.389. The summed E-state index contributed by atoms with van der Waals surface area (Å²) in [7, 11) is 0. The van der Waals surface area contributed by atoms with Crippen molar-refractivity contribution in [2.45, 2.75) is 18.6 Å². The Morgan fingerprint density at radius 1 is 0.826 bits per heavy atom. The average molecular weight is 310 g/mol. The number of hydrogen-bond acceptors (Lipinski definition) is 4. The van der Waals surface area contributed by atoms with Crippen molar-refractivity contribution in [3.05, 3.63) is 59.7 Å². The van der Waals surface area contributed by atoms with E-state index in [0.29, 0.717) is 12.2 Å². The van der Waals surface area contributed by atoms with Gasteiger partial charge in [-0.15, -0.1) is 0 Å². The molecule has 2 N–H and O–H groups in total. The first-order valence-electron chi connectivity index (χ1n) is 8.18. The maximum absolute atomic E-state index is 5.74. The first-order chi connectivity index (χ1) is 11.3. The largest absolute Gasteiger partial charge is 0.399 e. The fourth-order valence-electron chi connectivity index (χ4n) is 2.82. The van der Waals surface area contributed by atoms with E-state index in [4.69, 9.17) is 15.2 Å². The van der Waals surface area contributed by atoms with Crippen LogP contribution in [0.5, 0.6) is 0 Å². The van der Waals surface area contributed by atoms with Gasteiger partial charge in [0.2, 0.25) is 0 Å². The summed E-state index contributed by atoms with van der Waals surface area (Å²) in [5.41, 5.74) is 10.4. The van der Waals surface area contributed by atoms with Crippen LogP contribution in [-0.4, -0.2) is 38.5 Å². The number of nitrogens with zero attached hydrogens (tertiary/aromatic N) is 1. The number of ether oxygens (including phenoxy) is 2. The molecule has 2 saturated heterocycles. The topological polar surface area (TPSA) is 54.3 Å². The zero-order chi connectivity index (χ0) is 15.6. The number of rotatable bonds is 7. The number of hydrogen-bond donors (Lipinski definition) is 1. The van der Waals surface area contributed by atoms with Gasteiger partial charge in [0.05, 0.1) is 25.4 Å². The highest BCUT2D eigenvalue weighted by Gasteiger charge is 2.30. The summed E-state index contributed by atoms with van der Waals surface area (Å²) in [5, 5.41) is 0. The van der Waals surface area contributed by atoms with Crippen LogP contribution in [0.3, 0.4) is 0 Å². The third kappa shape index (κ3) is 4.03. The van der Waals surface area contributed by atoms with E-state index in [1.807, 2.05) is 12.1 Å². The molecule has 0 spiro atoms. The summed E-state index contributed by atoms with van der Waals surface area (Å²) in [6, 6.07) is 16.9. The molecule has 2 fully saturated rings. The van der Waals surface area contributed by atoms with Crippen molar-refractivity contribution in [2.75, 3.05) is 36.9 Å². The first kappa shape index (κ1) is 14.5. The van der Waals surface area contributed by atoms with E-state index in [1.54, 1.807) is 0 Å². The molecule has 4 heteroatoms. The Bertz CT molecular complexity index is 632. The van der Waals surface area contributed by atoms with Crippen LogP contribution in [0.2, 0.25) is 0 Å². The van der Waals surface area contributed by atoms with Crippen molar-refractivity contribution >= 4 is 11.4 Å². The molecule has 2 aromatic carbocycles. The molecule has 2 aliphatic heterocycles. The van der Waals surface area contributed by atoms with E-state index in [9.17, 15) is 0 Å². The Labute approximate surface area is 136 Å². The van der Waals surface area contributed by atoms with E-state index in [-0.39, 0.29) is 0 Å². The number of anilines is 2. The average Bonchev–Trinajstić information content (AvgIpc) is 3.46. The van der Waals surface area contributed by atoms with Gasteiger partial charge in [-0.2, -0.15) is 0 Å². The highest BCUT2D eigenvalue weighted by molar-refractivity contribution is 5.49. The smallest absolute Gasteiger partial charge is 0.0984 e. The van der Waals surface area contributed by atoms with Gasteiger partial charge in [-0.25, -0.2) is 0 Å². The number of nitrogen functional groups attached to an aromatic ring is 1. The summed E-state index contributed by atoms with van der Waals surface area (Å²) in [4.78, 5) is 2.38. The Balaban J connectivity index is 1.43. The van der Waals surface area contributed by atoms with Gasteiger partial charge in [-0.05, 0) is 41.8 Å². The van der Waals surface area contributed by atoms with E-state index in [0.717, 1.165) is 38.4 Å². The second-order valence-corrected chi connectivity index (χ2v) is 6.40. The fraction of sp³-hybridized carbons (Fsp3) is 0.368. The molecule has 2 aliphatic rings. The lowest BCUT2D eigenvalue weighted by Gasteiger charge is -2.23. The van der Waals surface area contributed by atoms with Gasteiger partial charge in [-0.1, -0.05) is 24.3 Å². The lowest BCUT2D eigenvalue weighted by Crippen LogP contribution is -2.31. The van der Waals surface area contributed by atoms with Gasteiger partial charge in [0, 0.05) is 24.5 Å². The van der Waals surface area contributed by atoms with E-state index in [2.05, 4.69) is 41.3 Å². The monoisotopic (exact) mass is 310 g/mol. The number of benzene rings is 2. The summed E-state index contributed by atoms with van der Waals surface area (Å²) < 4.78 is 10.8. The second-order valence-electron chi connectivity index (χ2n) is 6.40. The van der Waals surface area contributed by atoms with Crippen LogP contribution >= 0.6 is 0 Å².